The fraction of sp³-hybridized carbons (Fsp3) is 0. The van der Waals surface area contributed by atoms with Crippen molar-refractivity contribution < 1.29 is 0 Å². The summed E-state index contributed by atoms with van der Waals surface area (Å²) in [4.78, 5) is 0. The van der Waals surface area contributed by atoms with Crippen LogP contribution in [0.25, 0.3) is 99.1 Å². The third kappa shape index (κ3) is 5.57. The van der Waals surface area contributed by atoms with Crippen LogP contribution in [0.4, 0.5) is 0 Å². The summed E-state index contributed by atoms with van der Waals surface area (Å²) in [5.74, 6) is 0. The molecule has 0 aliphatic heterocycles. The molecular weight excluding hydrogens is 649 g/mol. The minimum absolute atomic E-state index is 1.20. The van der Waals surface area contributed by atoms with E-state index in [1.54, 1.807) is 0 Å². The largest absolute Gasteiger partial charge is 0.0622 e. The minimum Gasteiger partial charge on any atom is -0.0622 e. The first-order valence-corrected chi connectivity index (χ1v) is 18.7. The zero-order valence-electron chi connectivity index (χ0n) is 29.8. The molecule has 0 N–H and O–H groups in total. The van der Waals surface area contributed by atoms with Crippen LogP contribution < -0.4 is 0 Å². The molecular formula is C54H36. The van der Waals surface area contributed by atoms with Crippen molar-refractivity contribution in [1.82, 2.24) is 0 Å². The maximum absolute atomic E-state index is 2.34. The first-order valence-electron chi connectivity index (χ1n) is 18.7. The summed E-state index contributed by atoms with van der Waals surface area (Å²) < 4.78 is 0. The van der Waals surface area contributed by atoms with E-state index in [1.165, 1.54) is 99.1 Å². The van der Waals surface area contributed by atoms with Crippen LogP contribution in [0.2, 0.25) is 0 Å². The maximum Gasteiger partial charge on any atom is -0.00266 e. The van der Waals surface area contributed by atoms with E-state index in [4.69, 9.17) is 0 Å². The van der Waals surface area contributed by atoms with Crippen LogP contribution in [0.5, 0.6) is 0 Å². The van der Waals surface area contributed by atoms with Crippen molar-refractivity contribution in [1.29, 1.82) is 0 Å². The van der Waals surface area contributed by atoms with Gasteiger partial charge in [0.1, 0.15) is 0 Å². The Kier molecular flexibility index (Phi) is 7.93. The van der Waals surface area contributed by atoms with Crippen molar-refractivity contribution >= 4 is 32.3 Å². The molecule has 0 aromatic heterocycles. The molecule has 0 fully saturated rings. The summed E-state index contributed by atoms with van der Waals surface area (Å²) in [6, 6.07) is 79.7. The molecule has 0 nitrogen and oxygen atoms in total. The van der Waals surface area contributed by atoms with E-state index < -0.39 is 0 Å². The fourth-order valence-corrected chi connectivity index (χ4v) is 8.33. The summed E-state index contributed by atoms with van der Waals surface area (Å²) in [5, 5.41) is 7.55. The summed E-state index contributed by atoms with van der Waals surface area (Å²) >= 11 is 0. The van der Waals surface area contributed by atoms with Crippen molar-refractivity contribution in [2.24, 2.45) is 0 Å². The van der Waals surface area contributed by atoms with Crippen LogP contribution >= 0.6 is 0 Å². The highest BCUT2D eigenvalue weighted by Crippen LogP contribution is 2.45. The lowest BCUT2D eigenvalue weighted by Gasteiger charge is -2.20. The van der Waals surface area contributed by atoms with Gasteiger partial charge in [0.15, 0.2) is 0 Å². The third-order valence-electron chi connectivity index (χ3n) is 10.9. The predicted octanol–water partition coefficient (Wildman–Crippen LogP) is 15.1. The fourth-order valence-electron chi connectivity index (χ4n) is 8.33. The second-order valence-electron chi connectivity index (χ2n) is 14.0. The third-order valence-corrected chi connectivity index (χ3v) is 10.9. The standard InChI is InChI=1S/C54H36/c1-3-15-43(16-4-1)53-49(41-29-25-39(26-30-41)47-23-11-19-37-13-7-9-21-45(37)47)33-36-52-51(53)35-34-50(54(52)44-17-5-2-6-18-44)42-31-27-40(28-32-42)48-24-12-20-38-14-8-10-22-46(38)48/h1-36H. The van der Waals surface area contributed by atoms with E-state index in [0.717, 1.165) is 0 Å². The highest BCUT2D eigenvalue weighted by atomic mass is 14.2. The van der Waals surface area contributed by atoms with Gasteiger partial charge in [0.2, 0.25) is 0 Å². The van der Waals surface area contributed by atoms with E-state index >= 15 is 0 Å². The van der Waals surface area contributed by atoms with Crippen LogP contribution in [0.3, 0.4) is 0 Å². The first-order chi connectivity index (χ1) is 26.8. The first kappa shape index (κ1) is 31.7. The van der Waals surface area contributed by atoms with E-state index in [9.17, 15) is 0 Å². The topological polar surface area (TPSA) is 0 Å². The van der Waals surface area contributed by atoms with E-state index in [2.05, 4.69) is 218 Å². The van der Waals surface area contributed by atoms with E-state index in [1.807, 2.05) is 0 Å². The Balaban J connectivity index is 1.13. The minimum atomic E-state index is 1.20. The molecule has 10 aromatic carbocycles. The van der Waals surface area contributed by atoms with E-state index in [-0.39, 0.29) is 0 Å². The smallest absolute Gasteiger partial charge is 0.00266 e. The lowest BCUT2D eigenvalue weighted by Crippen LogP contribution is -1.93. The van der Waals surface area contributed by atoms with Gasteiger partial charge in [0.05, 0.1) is 0 Å². The zero-order chi connectivity index (χ0) is 35.8. The zero-order valence-corrected chi connectivity index (χ0v) is 29.8. The van der Waals surface area contributed by atoms with Gasteiger partial charge in [-0.05, 0) is 99.1 Å². The monoisotopic (exact) mass is 684 g/mol. The molecule has 54 heavy (non-hydrogen) atoms. The highest BCUT2D eigenvalue weighted by molar-refractivity contribution is 6.13. The average molecular weight is 685 g/mol. The SMILES string of the molecule is c1ccc(-c2c(-c3ccc(-c4cccc5ccccc45)cc3)ccc3c(-c4ccccc4)c(-c4ccc(-c5cccc6ccccc56)cc4)ccc23)cc1. The molecule has 10 rings (SSSR count). The Morgan fingerprint density at radius 1 is 0.167 bits per heavy atom. The Hall–Kier alpha value is -7.02. The molecule has 0 radical (unpaired) electrons. The summed E-state index contributed by atoms with van der Waals surface area (Å²) in [6.45, 7) is 0. The number of hydrogen-bond acceptors (Lipinski definition) is 0. The van der Waals surface area contributed by atoms with Crippen molar-refractivity contribution in [3.8, 4) is 66.8 Å². The molecule has 0 aliphatic carbocycles. The molecule has 0 spiro atoms. The van der Waals surface area contributed by atoms with Gasteiger partial charge in [-0.2, -0.15) is 0 Å². The predicted molar refractivity (Wildman–Crippen MR) is 232 cm³/mol. The molecule has 0 atom stereocenters. The summed E-state index contributed by atoms with van der Waals surface area (Å²) in [6.07, 6.45) is 0. The van der Waals surface area contributed by atoms with Crippen LogP contribution in [-0.4, -0.2) is 0 Å². The van der Waals surface area contributed by atoms with Gasteiger partial charge in [0.25, 0.3) is 0 Å². The Bertz CT molecular complexity index is 2720. The molecule has 0 unspecified atom stereocenters. The normalized spacial score (nSPS) is 11.3. The molecule has 0 saturated carbocycles. The Morgan fingerprint density at radius 2 is 0.500 bits per heavy atom. The quantitative estimate of drug-likeness (QED) is 0.164. The van der Waals surface area contributed by atoms with Crippen LogP contribution in [0.1, 0.15) is 0 Å². The van der Waals surface area contributed by atoms with Crippen molar-refractivity contribution in [2.75, 3.05) is 0 Å². The summed E-state index contributed by atoms with van der Waals surface area (Å²) in [5.41, 5.74) is 14.7. The van der Waals surface area contributed by atoms with Crippen LogP contribution in [0.15, 0.2) is 218 Å². The number of fused-ring (bicyclic) bond motifs is 3. The lowest BCUT2D eigenvalue weighted by atomic mass is 9.84. The number of rotatable bonds is 6. The number of benzene rings is 10. The van der Waals surface area contributed by atoms with Gasteiger partial charge in [-0.15, -0.1) is 0 Å². The van der Waals surface area contributed by atoms with Crippen molar-refractivity contribution in [3.05, 3.63) is 218 Å². The van der Waals surface area contributed by atoms with Gasteiger partial charge in [-0.3, -0.25) is 0 Å². The summed E-state index contributed by atoms with van der Waals surface area (Å²) in [7, 11) is 0. The lowest BCUT2D eigenvalue weighted by molar-refractivity contribution is 1.58. The maximum atomic E-state index is 2.34. The Morgan fingerprint density at radius 3 is 0.907 bits per heavy atom. The second kappa shape index (κ2) is 13.5. The molecule has 252 valence electrons. The number of hydrogen-bond donors (Lipinski definition) is 0. The van der Waals surface area contributed by atoms with Gasteiger partial charge in [0, 0.05) is 0 Å². The van der Waals surface area contributed by atoms with Crippen LogP contribution in [-0.2, 0) is 0 Å². The van der Waals surface area contributed by atoms with Crippen molar-refractivity contribution in [3.63, 3.8) is 0 Å². The Labute approximate surface area is 316 Å². The van der Waals surface area contributed by atoms with Crippen molar-refractivity contribution in [2.45, 2.75) is 0 Å². The molecule has 0 aliphatic rings. The molecule has 0 heteroatoms. The van der Waals surface area contributed by atoms with Gasteiger partial charge in [-0.25, -0.2) is 0 Å². The highest BCUT2D eigenvalue weighted by Gasteiger charge is 2.18. The molecule has 0 amide bonds. The van der Waals surface area contributed by atoms with E-state index in [0.29, 0.717) is 0 Å². The molecule has 0 saturated heterocycles. The molecule has 0 bridgehead atoms. The second-order valence-corrected chi connectivity index (χ2v) is 14.0. The van der Waals surface area contributed by atoms with Gasteiger partial charge >= 0.3 is 0 Å². The average Bonchev–Trinajstić information content (AvgIpc) is 3.26. The van der Waals surface area contributed by atoms with Crippen LogP contribution in [0, 0.1) is 0 Å². The molecule has 10 aromatic rings. The molecule has 0 heterocycles. The van der Waals surface area contributed by atoms with Gasteiger partial charge in [-0.1, -0.05) is 218 Å². The van der Waals surface area contributed by atoms with Gasteiger partial charge < -0.3 is 0 Å².